The van der Waals surface area contributed by atoms with Crippen molar-refractivity contribution in [3.8, 4) is 0 Å². The zero-order valence-corrected chi connectivity index (χ0v) is 10.4. The molecule has 1 aromatic rings. The number of rotatable bonds is 6. The number of aryl methyl sites for hydroxylation is 1. The third kappa shape index (κ3) is 4.07. The van der Waals surface area contributed by atoms with E-state index in [4.69, 9.17) is 10.8 Å². The van der Waals surface area contributed by atoms with Gasteiger partial charge >= 0.3 is 0 Å². The molecule has 0 aliphatic heterocycles. The maximum absolute atomic E-state index is 13.2. The fraction of sp³-hybridized carbons (Fsp3) is 0.538. The maximum Gasteiger partial charge on any atom is 0.126 e. The minimum Gasteiger partial charge on any atom is -0.396 e. The largest absolute Gasteiger partial charge is 0.396 e. The zero-order valence-electron chi connectivity index (χ0n) is 10.4. The van der Waals surface area contributed by atoms with Crippen LogP contribution in [0, 0.1) is 12.7 Å². The van der Waals surface area contributed by atoms with E-state index in [1.807, 2.05) is 13.0 Å². The average molecular weight is 240 g/mol. The average Bonchev–Trinajstić information content (AvgIpc) is 2.30. The molecule has 96 valence electrons. The lowest BCUT2D eigenvalue weighted by Crippen LogP contribution is -2.35. The molecule has 0 spiro atoms. The molecule has 2 unspecified atom stereocenters. The summed E-state index contributed by atoms with van der Waals surface area (Å²) in [6.45, 7) is 4.33. The molecule has 0 aliphatic rings. The van der Waals surface area contributed by atoms with Gasteiger partial charge in [-0.15, -0.1) is 0 Å². The van der Waals surface area contributed by atoms with Crippen LogP contribution in [0.3, 0.4) is 0 Å². The summed E-state index contributed by atoms with van der Waals surface area (Å²) < 4.78 is 13.2. The van der Waals surface area contributed by atoms with Crippen molar-refractivity contribution in [2.75, 3.05) is 13.2 Å². The monoisotopic (exact) mass is 240 g/mol. The van der Waals surface area contributed by atoms with Crippen LogP contribution >= 0.6 is 0 Å². The van der Waals surface area contributed by atoms with Gasteiger partial charge in [0.05, 0.1) is 0 Å². The number of nitrogens with one attached hydrogen (secondary N) is 1. The molecule has 0 amide bonds. The van der Waals surface area contributed by atoms with Crippen molar-refractivity contribution in [3.63, 3.8) is 0 Å². The van der Waals surface area contributed by atoms with Gasteiger partial charge in [0.2, 0.25) is 0 Å². The Balaban J connectivity index is 2.75. The quantitative estimate of drug-likeness (QED) is 0.706. The van der Waals surface area contributed by atoms with Crippen LogP contribution in [0.15, 0.2) is 18.2 Å². The molecule has 2 atom stereocenters. The Morgan fingerprint density at radius 3 is 2.71 bits per heavy atom. The molecule has 0 bridgehead atoms. The minimum absolute atomic E-state index is 0.00384. The van der Waals surface area contributed by atoms with Crippen LogP contribution in [0.25, 0.3) is 0 Å². The second-order valence-electron chi connectivity index (χ2n) is 4.38. The van der Waals surface area contributed by atoms with Gasteiger partial charge in [-0.25, -0.2) is 4.39 Å². The highest BCUT2D eigenvalue weighted by Gasteiger charge is 2.13. The summed E-state index contributed by atoms with van der Waals surface area (Å²) in [7, 11) is 0. The molecule has 4 N–H and O–H groups in total. The first-order valence-electron chi connectivity index (χ1n) is 5.91. The number of nitrogens with two attached hydrogens (primary N) is 1. The molecule has 0 aliphatic carbocycles. The van der Waals surface area contributed by atoms with Crippen molar-refractivity contribution in [2.45, 2.75) is 32.4 Å². The van der Waals surface area contributed by atoms with Crippen molar-refractivity contribution < 1.29 is 9.50 Å². The van der Waals surface area contributed by atoms with Crippen molar-refractivity contribution in [1.82, 2.24) is 5.32 Å². The van der Waals surface area contributed by atoms with E-state index in [1.54, 1.807) is 13.0 Å². The Hall–Kier alpha value is -0.970. The van der Waals surface area contributed by atoms with E-state index in [-0.39, 0.29) is 24.5 Å². The molecular formula is C13H21FN2O. The Bertz CT molecular complexity index is 357. The fourth-order valence-corrected chi connectivity index (χ4v) is 1.81. The van der Waals surface area contributed by atoms with Gasteiger partial charge in [0.25, 0.3) is 0 Å². The molecule has 0 fully saturated rings. The predicted molar refractivity (Wildman–Crippen MR) is 67.2 cm³/mol. The summed E-state index contributed by atoms with van der Waals surface area (Å²) in [5.41, 5.74) is 7.32. The number of hydrogen-bond donors (Lipinski definition) is 3. The first-order valence-corrected chi connectivity index (χ1v) is 5.91. The van der Waals surface area contributed by atoms with Gasteiger partial charge in [0.15, 0.2) is 0 Å². The van der Waals surface area contributed by atoms with Crippen molar-refractivity contribution in [2.24, 2.45) is 5.73 Å². The number of hydrogen-bond acceptors (Lipinski definition) is 3. The third-order valence-corrected chi connectivity index (χ3v) is 2.87. The van der Waals surface area contributed by atoms with Gasteiger partial charge < -0.3 is 16.2 Å². The molecule has 3 nitrogen and oxygen atoms in total. The predicted octanol–water partition coefficient (Wildman–Crippen LogP) is 1.49. The minimum atomic E-state index is -0.201. The molecule has 0 saturated heterocycles. The Labute approximate surface area is 102 Å². The second kappa shape index (κ2) is 6.69. The molecule has 4 heteroatoms. The van der Waals surface area contributed by atoms with Gasteiger partial charge in [-0.1, -0.05) is 12.1 Å². The summed E-state index contributed by atoms with van der Waals surface area (Å²) in [5, 5.41) is 12.2. The number of aliphatic hydroxyl groups excluding tert-OH is 1. The van der Waals surface area contributed by atoms with Gasteiger partial charge in [-0.3, -0.25) is 0 Å². The molecule has 0 aromatic heterocycles. The lowest BCUT2D eigenvalue weighted by Gasteiger charge is -2.22. The van der Waals surface area contributed by atoms with E-state index in [1.165, 1.54) is 6.07 Å². The SMILES string of the molecule is Cc1cc(C(CN)NC(C)CCO)ccc1F. The highest BCUT2D eigenvalue weighted by atomic mass is 19.1. The van der Waals surface area contributed by atoms with Crippen molar-refractivity contribution in [3.05, 3.63) is 35.1 Å². The Morgan fingerprint density at radius 1 is 1.47 bits per heavy atom. The van der Waals surface area contributed by atoms with Gasteiger partial charge in [-0.05, 0) is 37.5 Å². The summed E-state index contributed by atoms with van der Waals surface area (Å²) in [6, 6.07) is 5.20. The molecule has 1 rings (SSSR count). The standard InChI is InChI=1S/C13H21FN2O/c1-9-7-11(3-4-12(9)14)13(8-15)16-10(2)5-6-17/h3-4,7,10,13,16-17H,5-6,8,15H2,1-2H3. The van der Waals surface area contributed by atoms with Crippen molar-refractivity contribution in [1.29, 1.82) is 0 Å². The fourth-order valence-electron chi connectivity index (χ4n) is 1.81. The molecule has 0 heterocycles. The summed E-state index contributed by atoms with van der Waals surface area (Å²) in [6.07, 6.45) is 0.677. The van der Waals surface area contributed by atoms with Crippen LogP contribution in [0.2, 0.25) is 0 Å². The van der Waals surface area contributed by atoms with Crippen LogP contribution < -0.4 is 11.1 Å². The summed E-state index contributed by atoms with van der Waals surface area (Å²) >= 11 is 0. The highest BCUT2D eigenvalue weighted by molar-refractivity contribution is 5.26. The molecule has 1 aromatic carbocycles. The van der Waals surface area contributed by atoms with Gasteiger partial charge in [0.1, 0.15) is 5.82 Å². The van der Waals surface area contributed by atoms with Crippen molar-refractivity contribution >= 4 is 0 Å². The highest BCUT2D eigenvalue weighted by Crippen LogP contribution is 2.17. The lowest BCUT2D eigenvalue weighted by atomic mass is 10.0. The topological polar surface area (TPSA) is 58.3 Å². The summed E-state index contributed by atoms with van der Waals surface area (Å²) in [5.74, 6) is -0.201. The van der Waals surface area contributed by atoms with Crippen LogP contribution in [-0.4, -0.2) is 24.3 Å². The molecular weight excluding hydrogens is 219 g/mol. The molecule has 0 saturated carbocycles. The van der Waals surface area contributed by atoms with Gasteiger partial charge in [-0.2, -0.15) is 0 Å². The first-order chi connectivity index (χ1) is 8.08. The van der Waals surface area contributed by atoms with Crippen LogP contribution in [0.4, 0.5) is 4.39 Å². The lowest BCUT2D eigenvalue weighted by molar-refractivity contribution is 0.263. The first kappa shape index (κ1) is 14.1. The zero-order chi connectivity index (χ0) is 12.8. The van der Waals surface area contributed by atoms with E-state index >= 15 is 0 Å². The van der Waals surface area contributed by atoms with Crippen LogP contribution in [0.1, 0.15) is 30.5 Å². The molecule has 0 radical (unpaired) electrons. The van der Waals surface area contributed by atoms with E-state index < -0.39 is 0 Å². The third-order valence-electron chi connectivity index (χ3n) is 2.87. The van der Waals surface area contributed by atoms with E-state index in [9.17, 15) is 4.39 Å². The van der Waals surface area contributed by atoms with E-state index in [2.05, 4.69) is 5.32 Å². The number of halogens is 1. The van der Waals surface area contributed by atoms with Crippen LogP contribution in [0.5, 0.6) is 0 Å². The number of aliphatic hydroxyl groups is 1. The molecule has 17 heavy (non-hydrogen) atoms. The second-order valence-corrected chi connectivity index (χ2v) is 4.38. The number of benzene rings is 1. The maximum atomic E-state index is 13.2. The van der Waals surface area contributed by atoms with E-state index in [0.717, 1.165) is 5.56 Å². The smallest absolute Gasteiger partial charge is 0.126 e. The van der Waals surface area contributed by atoms with Crippen LogP contribution in [-0.2, 0) is 0 Å². The van der Waals surface area contributed by atoms with E-state index in [0.29, 0.717) is 18.5 Å². The normalized spacial score (nSPS) is 14.6. The summed E-state index contributed by atoms with van der Waals surface area (Å²) in [4.78, 5) is 0. The van der Waals surface area contributed by atoms with Gasteiger partial charge in [0, 0.05) is 25.2 Å². The Morgan fingerprint density at radius 2 is 2.18 bits per heavy atom. The Kier molecular flexibility index (Phi) is 5.55.